The molecule has 142 valence electrons. The lowest BCUT2D eigenvalue weighted by atomic mass is 10.1. The number of hydrogen-bond donors (Lipinski definition) is 2. The van der Waals surface area contributed by atoms with Crippen molar-refractivity contribution in [3.63, 3.8) is 0 Å². The fraction of sp³-hybridized carbons (Fsp3) is 0.217. The Morgan fingerprint density at radius 3 is 2.32 bits per heavy atom. The van der Waals surface area contributed by atoms with Gasteiger partial charge in [-0.2, -0.15) is 0 Å². The van der Waals surface area contributed by atoms with Crippen LogP contribution in [0, 0.1) is 33.1 Å². The van der Waals surface area contributed by atoms with Crippen LogP contribution in [0.2, 0.25) is 0 Å². The van der Waals surface area contributed by atoms with Crippen molar-refractivity contribution in [2.24, 2.45) is 0 Å². The highest BCUT2D eigenvalue weighted by Crippen LogP contribution is 2.35. The quantitative estimate of drug-likeness (QED) is 0.594. The van der Waals surface area contributed by atoms with E-state index < -0.39 is 0 Å². The minimum absolute atomic E-state index is 0.198. The number of aliphatic hydroxyl groups is 1. The lowest BCUT2D eigenvalue weighted by molar-refractivity contribution is 0.411. The summed E-state index contributed by atoms with van der Waals surface area (Å²) < 4.78 is 0. The largest absolute Gasteiger partial charge is 0.510 e. The molecule has 1 aliphatic heterocycles. The Bertz CT molecular complexity index is 1130. The summed E-state index contributed by atoms with van der Waals surface area (Å²) in [5.41, 5.74) is 8.24. The van der Waals surface area contributed by atoms with Crippen molar-refractivity contribution in [2.45, 2.75) is 27.7 Å². The Hall–Kier alpha value is -2.92. The van der Waals surface area contributed by atoms with Gasteiger partial charge in [0.25, 0.3) is 0 Å². The molecule has 0 radical (unpaired) electrons. The average molecular weight is 390 g/mol. The second kappa shape index (κ2) is 6.91. The molecule has 0 spiro atoms. The first-order valence-corrected chi connectivity index (χ1v) is 10.1. The summed E-state index contributed by atoms with van der Waals surface area (Å²) in [6.45, 7) is 8.61. The summed E-state index contributed by atoms with van der Waals surface area (Å²) in [5.74, 6) is 0.492. The highest BCUT2D eigenvalue weighted by Gasteiger charge is 2.31. The van der Waals surface area contributed by atoms with E-state index in [0.717, 1.165) is 16.9 Å². The van der Waals surface area contributed by atoms with Crippen molar-refractivity contribution in [1.82, 2.24) is 4.98 Å². The summed E-state index contributed by atoms with van der Waals surface area (Å²) in [6.07, 6.45) is 0. The molecular weight excluding hydrogens is 366 g/mol. The summed E-state index contributed by atoms with van der Waals surface area (Å²) in [5, 5.41) is 21.9. The predicted octanol–water partition coefficient (Wildman–Crippen LogP) is 5.81. The third-order valence-corrected chi connectivity index (χ3v) is 6.29. The third kappa shape index (κ3) is 3.12. The molecule has 0 aliphatic carbocycles. The maximum absolute atomic E-state index is 10.6. The summed E-state index contributed by atoms with van der Waals surface area (Å²) in [4.78, 5) is 6.55. The van der Waals surface area contributed by atoms with E-state index in [-0.39, 0.29) is 5.76 Å². The molecule has 2 N–H and O–H groups in total. The number of aliphatic hydroxyl groups excluding tert-OH is 1. The van der Waals surface area contributed by atoms with Gasteiger partial charge in [0, 0.05) is 16.6 Å². The number of thiazole rings is 1. The molecule has 5 heteroatoms. The molecule has 1 aliphatic rings. The zero-order valence-corrected chi connectivity index (χ0v) is 17.3. The van der Waals surface area contributed by atoms with Crippen molar-refractivity contribution < 1.29 is 5.11 Å². The minimum atomic E-state index is 0.198. The highest BCUT2D eigenvalue weighted by atomic mass is 32.1. The van der Waals surface area contributed by atoms with Gasteiger partial charge in [-0.3, -0.25) is 5.41 Å². The Kier molecular flexibility index (Phi) is 4.55. The first-order chi connectivity index (χ1) is 13.3. The van der Waals surface area contributed by atoms with Crippen LogP contribution in [0.1, 0.15) is 27.3 Å². The van der Waals surface area contributed by atoms with Gasteiger partial charge >= 0.3 is 0 Å². The van der Waals surface area contributed by atoms with Gasteiger partial charge in [-0.1, -0.05) is 18.2 Å². The third-order valence-electron chi connectivity index (χ3n) is 5.43. The fourth-order valence-electron chi connectivity index (χ4n) is 3.34. The Balaban J connectivity index is 1.65. The first-order valence-electron chi connectivity index (χ1n) is 9.24. The van der Waals surface area contributed by atoms with Gasteiger partial charge in [-0.05, 0) is 68.1 Å². The molecule has 0 atom stereocenters. The molecular formula is C23H23N3OS. The predicted molar refractivity (Wildman–Crippen MR) is 118 cm³/mol. The molecule has 0 saturated carbocycles. The molecule has 0 unspecified atom stereocenters. The van der Waals surface area contributed by atoms with Gasteiger partial charge in [-0.15, -0.1) is 11.3 Å². The van der Waals surface area contributed by atoms with Gasteiger partial charge in [0.1, 0.15) is 16.6 Å². The number of nitrogens with one attached hydrogen (secondary N) is 1. The summed E-state index contributed by atoms with van der Waals surface area (Å²) in [7, 11) is 0. The van der Waals surface area contributed by atoms with Crippen molar-refractivity contribution >= 4 is 28.4 Å². The van der Waals surface area contributed by atoms with Crippen LogP contribution in [0.3, 0.4) is 0 Å². The van der Waals surface area contributed by atoms with E-state index in [1.165, 1.54) is 33.6 Å². The lowest BCUT2D eigenvalue weighted by Crippen LogP contribution is -2.26. The SMILES string of the molecule is Cc1ccc(-c2csc(C3=C(O)CN(c4ccc(C)c(C)c4)C3=N)n2)cc1C. The normalized spacial score (nSPS) is 14.3. The van der Waals surface area contributed by atoms with E-state index in [1.54, 1.807) is 0 Å². The molecule has 3 aromatic rings. The van der Waals surface area contributed by atoms with E-state index >= 15 is 0 Å². The molecule has 2 aromatic carbocycles. The number of aromatic nitrogens is 1. The number of nitrogens with zero attached hydrogens (tertiary/aromatic N) is 2. The Morgan fingerprint density at radius 2 is 1.64 bits per heavy atom. The monoisotopic (exact) mass is 389 g/mol. The van der Waals surface area contributed by atoms with Crippen LogP contribution in [-0.4, -0.2) is 22.5 Å². The number of hydrogen-bond acceptors (Lipinski definition) is 4. The topological polar surface area (TPSA) is 60.2 Å². The first kappa shape index (κ1) is 18.4. The number of benzene rings is 2. The van der Waals surface area contributed by atoms with Crippen LogP contribution in [0.4, 0.5) is 5.69 Å². The van der Waals surface area contributed by atoms with Gasteiger partial charge in [0.05, 0.1) is 17.8 Å². The van der Waals surface area contributed by atoms with Crippen LogP contribution in [0.25, 0.3) is 16.8 Å². The van der Waals surface area contributed by atoms with Crippen LogP contribution in [0.15, 0.2) is 47.5 Å². The van der Waals surface area contributed by atoms with Crippen LogP contribution in [-0.2, 0) is 0 Å². The lowest BCUT2D eigenvalue weighted by Gasteiger charge is -2.19. The molecule has 0 fully saturated rings. The number of aryl methyl sites for hydroxylation is 4. The van der Waals surface area contributed by atoms with Crippen molar-refractivity contribution in [2.75, 3.05) is 11.4 Å². The molecule has 28 heavy (non-hydrogen) atoms. The fourth-order valence-corrected chi connectivity index (χ4v) is 4.24. The van der Waals surface area contributed by atoms with Gasteiger partial charge in [0.2, 0.25) is 0 Å². The maximum Gasteiger partial charge on any atom is 0.139 e. The number of rotatable bonds is 3. The van der Waals surface area contributed by atoms with Crippen molar-refractivity contribution in [3.05, 3.63) is 74.8 Å². The number of anilines is 1. The molecule has 0 saturated heterocycles. The molecule has 2 heterocycles. The summed E-state index contributed by atoms with van der Waals surface area (Å²) >= 11 is 1.47. The van der Waals surface area contributed by atoms with Gasteiger partial charge < -0.3 is 10.0 Å². The van der Waals surface area contributed by atoms with E-state index in [9.17, 15) is 5.11 Å². The highest BCUT2D eigenvalue weighted by molar-refractivity contribution is 7.11. The van der Waals surface area contributed by atoms with Gasteiger partial charge in [-0.25, -0.2) is 4.98 Å². The van der Waals surface area contributed by atoms with Gasteiger partial charge in [0.15, 0.2) is 0 Å². The van der Waals surface area contributed by atoms with Crippen molar-refractivity contribution in [1.29, 1.82) is 5.41 Å². The van der Waals surface area contributed by atoms with Crippen molar-refractivity contribution in [3.8, 4) is 11.3 Å². The molecule has 1 aromatic heterocycles. The van der Waals surface area contributed by atoms with E-state index in [1.807, 2.05) is 22.4 Å². The Labute approximate surface area is 169 Å². The maximum atomic E-state index is 10.6. The zero-order valence-electron chi connectivity index (χ0n) is 16.5. The number of amidine groups is 1. The van der Waals surface area contributed by atoms with E-state index in [0.29, 0.717) is 23.0 Å². The van der Waals surface area contributed by atoms with Crippen LogP contribution >= 0.6 is 11.3 Å². The second-order valence-electron chi connectivity index (χ2n) is 7.36. The smallest absolute Gasteiger partial charge is 0.139 e. The van der Waals surface area contributed by atoms with Crippen LogP contribution in [0.5, 0.6) is 0 Å². The standard InChI is InChI=1S/C23H23N3OS/c1-13-5-7-17(9-15(13)3)19-12-28-23(25-19)21-20(27)11-26(22(21)24)18-8-6-14(2)16(4)10-18/h5-10,12,24,27H,11H2,1-4H3. The van der Waals surface area contributed by atoms with E-state index in [2.05, 4.69) is 52.0 Å². The zero-order chi connectivity index (χ0) is 20.0. The average Bonchev–Trinajstić information content (AvgIpc) is 3.24. The molecule has 4 nitrogen and oxygen atoms in total. The van der Waals surface area contributed by atoms with E-state index in [4.69, 9.17) is 10.4 Å². The Morgan fingerprint density at radius 1 is 0.964 bits per heavy atom. The summed E-state index contributed by atoms with van der Waals surface area (Å²) in [6, 6.07) is 12.4. The van der Waals surface area contributed by atoms with Crippen LogP contribution < -0.4 is 4.90 Å². The molecule has 0 bridgehead atoms. The molecule has 4 rings (SSSR count). The minimum Gasteiger partial charge on any atom is -0.510 e. The second-order valence-corrected chi connectivity index (χ2v) is 8.22. The molecule has 0 amide bonds.